The predicted molar refractivity (Wildman–Crippen MR) is 67.1 cm³/mol. The van der Waals surface area contributed by atoms with Gasteiger partial charge in [-0.05, 0) is 24.3 Å². The van der Waals surface area contributed by atoms with Gasteiger partial charge in [-0.1, -0.05) is 0 Å². The van der Waals surface area contributed by atoms with Gasteiger partial charge in [0.05, 0.1) is 5.56 Å². The molecule has 0 aromatic heterocycles. The molecule has 1 aromatic carbocycles. The summed E-state index contributed by atoms with van der Waals surface area (Å²) in [5.74, 6) is -2.16. The van der Waals surface area contributed by atoms with Gasteiger partial charge in [-0.2, -0.15) is 0 Å². The lowest BCUT2D eigenvalue weighted by Crippen LogP contribution is -2.54. The quantitative estimate of drug-likeness (QED) is 0.651. The van der Waals surface area contributed by atoms with E-state index in [4.69, 9.17) is 5.11 Å². The summed E-state index contributed by atoms with van der Waals surface area (Å²) >= 11 is 0. The van der Waals surface area contributed by atoms with E-state index >= 15 is 0 Å². The molecular formula is C12H11N3O5. The Labute approximate surface area is 113 Å². The van der Waals surface area contributed by atoms with Crippen molar-refractivity contribution in [3.63, 3.8) is 0 Å². The second-order valence-electron chi connectivity index (χ2n) is 4.14. The highest BCUT2D eigenvalue weighted by Crippen LogP contribution is 2.11. The molecule has 8 heteroatoms. The molecule has 20 heavy (non-hydrogen) atoms. The molecule has 1 aromatic rings. The largest absolute Gasteiger partial charge is 0.478 e. The zero-order chi connectivity index (χ0) is 14.7. The Hall–Kier alpha value is -2.90. The number of amides is 4. The lowest BCUT2D eigenvalue weighted by atomic mass is 10.2. The normalized spacial score (nSPS) is 14.7. The van der Waals surface area contributed by atoms with E-state index in [1.165, 1.54) is 24.3 Å². The van der Waals surface area contributed by atoms with Crippen molar-refractivity contribution in [2.75, 3.05) is 18.4 Å². The van der Waals surface area contributed by atoms with Crippen LogP contribution in [0.4, 0.5) is 10.5 Å². The Morgan fingerprint density at radius 1 is 1.10 bits per heavy atom. The van der Waals surface area contributed by atoms with E-state index in [0.29, 0.717) is 5.69 Å². The highest BCUT2D eigenvalue weighted by atomic mass is 16.4. The molecule has 1 saturated heterocycles. The number of hydrogen-bond donors (Lipinski definition) is 3. The fourth-order valence-electron chi connectivity index (χ4n) is 1.68. The van der Waals surface area contributed by atoms with Crippen molar-refractivity contribution in [1.82, 2.24) is 10.2 Å². The van der Waals surface area contributed by atoms with Crippen LogP contribution in [0.3, 0.4) is 0 Å². The van der Waals surface area contributed by atoms with Crippen molar-refractivity contribution >= 4 is 29.5 Å². The topological polar surface area (TPSA) is 116 Å². The molecule has 2 rings (SSSR count). The first kappa shape index (κ1) is 13.5. The number of carbonyl (C=O) groups excluding carboxylic acids is 3. The smallest absolute Gasteiger partial charge is 0.335 e. The maximum atomic E-state index is 11.8. The lowest BCUT2D eigenvalue weighted by molar-refractivity contribution is -0.134. The summed E-state index contributed by atoms with van der Waals surface area (Å²) in [6.07, 6.45) is 0. The molecule has 1 aliphatic rings. The maximum Gasteiger partial charge on any atom is 0.335 e. The molecule has 0 bridgehead atoms. The first-order valence-corrected chi connectivity index (χ1v) is 5.67. The summed E-state index contributed by atoms with van der Waals surface area (Å²) in [5.41, 5.74) is 0.467. The highest BCUT2D eigenvalue weighted by Gasteiger charge is 2.26. The minimum Gasteiger partial charge on any atom is -0.478 e. The minimum atomic E-state index is -1.07. The van der Waals surface area contributed by atoms with Crippen LogP contribution in [-0.2, 0) is 9.59 Å². The molecule has 0 saturated carbocycles. The Bertz CT molecular complexity index is 565. The average molecular weight is 277 g/mol. The molecular weight excluding hydrogens is 266 g/mol. The summed E-state index contributed by atoms with van der Waals surface area (Å²) in [5, 5.41) is 13.3. The van der Waals surface area contributed by atoms with E-state index in [2.05, 4.69) is 10.6 Å². The van der Waals surface area contributed by atoms with Crippen LogP contribution in [0.25, 0.3) is 0 Å². The number of piperazine rings is 1. The van der Waals surface area contributed by atoms with Crippen molar-refractivity contribution < 1.29 is 24.3 Å². The number of anilines is 1. The van der Waals surface area contributed by atoms with Gasteiger partial charge >= 0.3 is 12.0 Å². The number of nitrogens with one attached hydrogen (secondary N) is 2. The monoisotopic (exact) mass is 277 g/mol. The third-order valence-electron chi connectivity index (χ3n) is 2.62. The highest BCUT2D eigenvalue weighted by molar-refractivity contribution is 6.04. The fraction of sp³-hybridized carbons (Fsp3) is 0.167. The summed E-state index contributed by atoms with van der Waals surface area (Å²) < 4.78 is 0. The zero-order valence-corrected chi connectivity index (χ0v) is 10.3. The number of carbonyl (C=O) groups is 4. The molecule has 8 nitrogen and oxygen atoms in total. The second-order valence-corrected chi connectivity index (χ2v) is 4.14. The molecule has 104 valence electrons. The van der Waals surface area contributed by atoms with Crippen LogP contribution in [0.15, 0.2) is 24.3 Å². The van der Waals surface area contributed by atoms with Gasteiger partial charge in [0, 0.05) is 5.69 Å². The second kappa shape index (κ2) is 5.39. The van der Waals surface area contributed by atoms with Crippen LogP contribution in [0, 0.1) is 0 Å². The molecule has 0 unspecified atom stereocenters. The van der Waals surface area contributed by atoms with E-state index in [0.717, 1.165) is 4.90 Å². The van der Waals surface area contributed by atoms with Crippen molar-refractivity contribution in [1.29, 1.82) is 0 Å². The Kier molecular flexibility index (Phi) is 3.65. The average Bonchev–Trinajstić information content (AvgIpc) is 2.38. The number of carboxylic acids is 1. The molecule has 1 fully saturated rings. The van der Waals surface area contributed by atoms with Gasteiger partial charge < -0.3 is 15.3 Å². The molecule has 0 aliphatic carbocycles. The van der Waals surface area contributed by atoms with Crippen molar-refractivity contribution in [2.24, 2.45) is 0 Å². The van der Waals surface area contributed by atoms with Gasteiger partial charge in [0.2, 0.25) is 11.8 Å². The van der Waals surface area contributed by atoms with Crippen LogP contribution in [0.2, 0.25) is 0 Å². The lowest BCUT2D eigenvalue weighted by Gasteiger charge is -2.25. The molecule has 1 aliphatic heterocycles. The molecule has 1 heterocycles. The van der Waals surface area contributed by atoms with E-state index in [1.807, 2.05) is 0 Å². The van der Waals surface area contributed by atoms with Crippen LogP contribution < -0.4 is 10.6 Å². The van der Waals surface area contributed by atoms with Gasteiger partial charge in [-0.3, -0.25) is 14.9 Å². The van der Waals surface area contributed by atoms with Gasteiger partial charge in [0.25, 0.3) is 0 Å². The summed E-state index contributed by atoms with van der Waals surface area (Å²) in [4.78, 5) is 45.9. The summed E-state index contributed by atoms with van der Waals surface area (Å²) in [6.45, 7) is -0.407. The van der Waals surface area contributed by atoms with Crippen LogP contribution in [0.1, 0.15) is 10.4 Å². The zero-order valence-electron chi connectivity index (χ0n) is 10.3. The van der Waals surface area contributed by atoms with Gasteiger partial charge in [-0.25, -0.2) is 9.59 Å². The Balaban J connectivity index is 2.02. The maximum absolute atomic E-state index is 11.8. The first-order chi connectivity index (χ1) is 9.45. The number of urea groups is 1. The molecule has 0 radical (unpaired) electrons. The molecule has 0 spiro atoms. The van der Waals surface area contributed by atoms with Gasteiger partial charge in [0.15, 0.2) is 0 Å². The van der Waals surface area contributed by atoms with Gasteiger partial charge in [0.1, 0.15) is 13.1 Å². The number of hydrogen-bond acceptors (Lipinski definition) is 4. The Morgan fingerprint density at radius 2 is 1.65 bits per heavy atom. The first-order valence-electron chi connectivity index (χ1n) is 5.67. The minimum absolute atomic E-state index is 0.0931. The Morgan fingerprint density at radius 3 is 2.15 bits per heavy atom. The van der Waals surface area contributed by atoms with E-state index in [9.17, 15) is 19.2 Å². The number of benzene rings is 1. The summed E-state index contributed by atoms with van der Waals surface area (Å²) in [6, 6.07) is 4.93. The van der Waals surface area contributed by atoms with Crippen molar-refractivity contribution in [3.05, 3.63) is 29.8 Å². The van der Waals surface area contributed by atoms with Gasteiger partial charge in [-0.15, -0.1) is 0 Å². The third-order valence-corrected chi connectivity index (χ3v) is 2.62. The van der Waals surface area contributed by atoms with E-state index in [-0.39, 0.29) is 18.7 Å². The van der Waals surface area contributed by atoms with Crippen molar-refractivity contribution in [3.8, 4) is 0 Å². The number of imide groups is 1. The van der Waals surface area contributed by atoms with E-state index < -0.39 is 23.8 Å². The predicted octanol–water partition coefficient (Wildman–Crippen LogP) is -0.125. The van der Waals surface area contributed by atoms with E-state index in [1.54, 1.807) is 0 Å². The number of aromatic carboxylic acids is 1. The summed E-state index contributed by atoms with van der Waals surface area (Å²) in [7, 11) is 0. The standard InChI is InChI=1S/C12H11N3O5/c16-9-5-15(6-10(17)14-9)12(20)13-8-3-1-7(2-4-8)11(18)19/h1-4H,5-6H2,(H,13,20)(H,18,19)(H,14,16,17). The molecule has 0 atom stereocenters. The number of rotatable bonds is 2. The number of carboxylic acid groups (broad SMARTS) is 1. The molecule has 4 amide bonds. The van der Waals surface area contributed by atoms with Crippen LogP contribution in [0.5, 0.6) is 0 Å². The molecule has 3 N–H and O–H groups in total. The SMILES string of the molecule is O=C1CN(C(=O)Nc2ccc(C(=O)O)cc2)CC(=O)N1. The van der Waals surface area contributed by atoms with Crippen LogP contribution >= 0.6 is 0 Å². The van der Waals surface area contributed by atoms with Crippen molar-refractivity contribution in [2.45, 2.75) is 0 Å². The van der Waals surface area contributed by atoms with Crippen LogP contribution in [-0.4, -0.2) is 46.9 Å². The number of nitrogens with zero attached hydrogens (tertiary/aromatic N) is 1. The fourth-order valence-corrected chi connectivity index (χ4v) is 1.68. The third kappa shape index (κ3) is 3.10.